The Balaban J connectivity index is 5.60. The molecule has 0 aromatic heterocycles. The summed E-state index contributed by atoms with van der Waals surface area (Å²) in [4.78, 5) is 0. The maximum atomic E-state index is 6.07. The van der Waals surface area contributed by atoms with Crippen molar-refractivity contribution in [1.82, 2.24) is 0 Å². The average molecular weight is 347 g/mol. The SMILES string of the molecule is C=C[Si](OCC)(OCC)C(C)C(C)[Si](C=C)(OCC)OCC. The number of rotatable bonds is 13. The van der Waals surface area contributed by atoms with Crippen molar-refractivity contribution in [2.75, 3.05) is 26.4 Å². The molecule has 2 unspecified atom stereocenters. The highest BCUT2D eigenvalue weighted by Gasteiger charge is 2.52. The van der Waals surface area contributed by atoms with Crippen LogP contribution in [-0.2, 0) is 17.7 Å². The molecule has 6 heteroatoms. The van der Waals surface area contributed by atoms with Crippen LogP contribution in [0.2, 0.25) is 11.1 Å². The standard InChI is InChI=1S/C16H34O4Si2/c1-9-17-21(13-5,18-10-2)15(7)16(8)22(14-6,19-11-3)20-12-4/h13-16H,5-6,9-12H2,1-4,7-8H3. The fraction of sp³-hybridized carbons (Fsp3) is 0.750. The van der Waals surface area contributed by atoms with Crippen LogP contribution in [0.3, 0.4) is 0 Å². The largest absolute Gasteiger partial charge is 0.391 e. The van der Waals surface area contributed by atoms with Gasteiger partial charge in [0, 0.05) is 37.5 Å². The van der Waals surface area contributed by atoms with Gasteiger partial charge in [-0.3, -0.25) is 0 Å². The Hall–Kier alpha value is -0.246. The lowest BCUT2D eigenvalue weighted by atomic mass is 10.3. The third-order valence-electron chi connectivity index (χ3n) is 4.07. The van der Waals surface area contributed by atoms with Crippen LogP contribution in [-0.4, -0.2) is 43.5 Å². The molecule has 0 saturated carbocycles. The van der Waals surface area contributed by atoms with E-state index in [1.807, 2.05) is 39.1 Å². The van der Waals surface area contributed by atoms with Gasteiger partial charge in [0.1, 0.15) is 0 Å². The molecule has 22 heavy (non-hydrogen) atoms. The van der Waals surface area contributed by atoms with Gasteiger partial charge < -0.3 is 17.7 Å². The minimum atomic E-state index is -2.53. The fourth-order valence-electron chi connectivity index (χ4n) is 2.82. The molecule has 0 amide bonds. The molecule has 0 aromatic carbocycles. The third kappa shape index (κ3) is 4.87. The first-order chi connectivity index (χ1) is 10.4. The zero-order valence-electron chi connectivity index (χ0n) is 15.2. The van der Waals surface area contributed by atoms with E-state index in [4.69, 9.17) is 17.7 Å². The summed E-state index contributed by atoms with van der Waals surface area (Å²) < 4.78 is 24.3. The predicted octanol–water partition coefficient (Wildman–Crippen LogP) is 4.25. The van der Waals surface area contributed by atoms with Gasteiger partial charge in [-0.1, -0.05) is 13.8 Å². The topological polar surface area (TPSA) is 36.9 Å². The highest BCUT2D eigenvalue weighted by molar-refractivity contribution is 6.80. The van der Waals surface area contributed by atoms with Crippen molar-refractivity contribution in [3.8, 4) is 0 Å². The molecular weight excluding hydrogens is 312 g/mol. The lowest BCUT2D eigenvalue weighted by molar-refractivity contribution is 0.165. The highest BCUT2D eigenvalue weighted by Crippen LogP contribution is 2.42. The molecule has 4 nitrogen and oxygen atoms in total. The zero-order valence-corrected chi connectivity index (χ0v) is 17.2. The minimum absolute atomic E-state index is 0.160. The molecule has 0 aliphatic heterocycles. The quantitative estimate of drug-likeness (QED) is 0.467. The van der Waals surface area contributed by atoms with Gasteiger partial charge in [0.05, 0.1) is 0 Å². The molecule has 0 aromatic rings. The van der Waals surface area contributed by atoms with Crippen LogP contribution in [0.4, 0.5) is 0 Å². The van der Waals surface area contributed by atoms with E-state index in [0.29, 0.717) is 26.4 Å². The van der Waals surface area contributed by atoms with Gasteiger partial charge in [0.2, 0.25) is 0 Å². The van der Waals surface area contributed by atoms with Crippen molar-refractivity contribution in [2.24, 2.45) is 0 Å². The fourth-order valence-corrected chi connectivity index (χ4v) is 9.84. The van der Waals surface area contributed by atoms with Gasteiger partial charge in [-0.2, -0.15) is 0 Å². The second kappa shape index (κ2) is 10.5. The highest BCUT2D eigenvalue weighted by atomic mass is 28.4. The monoisotopic (exact) mass is 346 g/mol. The van der Waals surface area contributed by atoms with Gasteiger partial charge >= 0.3 is 17.1 Å². The average Bonchev–Trinajstić information content (AvgIpc) is 2.52. The van der Waals surface area contributed by atoms with Crippen LogP contribution in [0.1, 0.15) is 41.5 Å². The Morgan fingerprint density at radius 2 is 0.909 bits per heavy atom. The summed E-state index contributed by atoms with van der Waals surface area (Å²) in [6.07, 6.45) is 0. The van der Waals surface area contributed by atoms with Crippen molar-refractivity contribution in [3.05, 3.63) is 24.6 Å². The summed E-state index contributed by atoms with van der Waals surface area (Å²) in [6.45, 7) is 22.7. The predicted molar refractivity (Wildman–Crippen MR) is 97.3 cm³/mol. The summed E-state index contributed by atoms with van der Waals surface area (Å²) in [5, 5.41) is 0. The molecule has 0 rings (SSSR count). The van der Waals surface area contributed by atoms with Crippen LogP contribution in [0.25, 0.3) is 0 Å². The molecule has 0 heterocycles. The first-order valence-corrected chi connectivity index (χ1v) is 12.2. The van der Waals surface area contributed by atoms with E-state index in [1.54, 1.807) is 0 Å². The molecule has 0 aliphatic carbocycles. The molecule has 0 N–H and O–H groups in total. The van der Waals surface area contributed by atoms with E-state index >= 15 is 0 Å². The van der Waals surface area contributed by atoms with E-state index in [2.05, 4.69) is 27.0 Å². The first-order valence-electron chi connectivity index (χ1n) is 8.26. The van der Waals surface area contributed by atoms with E-state index in [-0.39, 0.29) is 11.1 Å². The van der Waals surface area contributed by atoms with Gasteiger partial charge in [-0.05, 0) is 39.1 Å². The van der Waals surface area contributed by atoms with Gasteiger partial charge in [0.15, 0.2) is 0 Å². The van der Waals surface area contributed by atoms with Crippen LogP contribution in [0, 0.1) is 0 Å². The van der Waals surface area contributed by atoms with Gasteiger partial charge in [0.25, 0.3) is 0 Å². The normalized spacial score (nSPS) is 15.4. The van der Waals surface area contributed by atoms with E-state index in [1.165, 1.54) is 0 Å². The third-order valence-corrected chi connectivity index (χ3v) is 12.0. The molecule has 0 saturated heterocycles. The smallest absolute Gasteiger partial charge is 0.367 e. The zero-order chi connectivity index (χ0) is 17.2. The maximum absolute atomic E-state index is 6.07. The second-order valence-corrected chi connectivity index (χ2v) is 11.8. The summed E-state index contributed by atoms with van der Waals surface area (Å²) in [5.41, 5.74) is 4.10. The van der Waals surface area contributed by atoms with Crippen molar-refractivity contribution in [3.63, 3.8) is 0 Å². The van der Waals surface area contributed by atoms with Crippen molar-refractivity contribution < 1.29 is 17.7 Å². The molecule has 2 atom stereocenters. The lowest BCUT2D eigenvalue weighted by Crippen LogP contribution is -2.53. The van der Waals surface area contributed by atoms with Crippen molar-refractivity contribution in [1.29, 1.82) is 0 Å². The molecular formula is C16H34O4Si2. The summed E-state index contributed by atoms with van der Waals surface area (Å²) in [7, 11) is -5.06. The van der Waals surface area contributed by atoms with E-state index < -0.39 is 17.1 Å². The molecule has 130 valence electrons. The Morgan fingerprint density at radius 3 is 1.05 bits per heavy atom. The van der Waals surface area contributed by atoms with Crippen LogP contribution in [0.15, 0.2) is 24.6 Å². The minimum Gasteiger partial charge on any atom is -0.391 e. The van der Waals surface area contributed by atoms with Crippen molar-refractivity contribution >= 4 is 17.1 Å². The Labute approximate surface area is 139 Å². The Kier molecular flexibility index (Phi) is 10.4. The van der Waals surface area contributed by atoms with Crippen LogP contribution >= 0.6 is 0 Å². The van der Waals surface area contributed by atoms with Crippen molar-refractivity contribution in [2.45, 2.75) is 52.6 Å². The number of hydrogen-bond acceptors (Lipinski definition) is 4. The van der Waals surface area contributed by atoms with E-state index in [0.717, 1.165) is 0 Å². The first kappa shape index (κ1) is 21.8. The Morgan fingerprint density at radius 1 is 0.682 bits per heavy atom. The lowest BCUT2D eigenvalue weighted by Gasteiger charge is -2.41. The number of hydrogen-bond donors (Lipinski definition) is 0. The molecule has 0 aliphatic rings. The van der Waals surface area contributed by atoms with Crippen LogP contribution in [0.5, 0.6) is 0 Å². The summed E-state index contributed by atoms with van der Waals surface area (Å²) in [5.74, 6) is 0. The molecule has 0 spiro atoms. The summed E-state index contributed by atoms with van der Waals surface area (Å²) in [6, 6.07) is 0. The molecule has 0 bridgehead atoms. The second-order valence-electron chi connectivity index (χ2n) is 5.16. The van der Waals surface area contributed by atoms with E-state index in [9.17, 15) is 0 Å². The van der Waals surface area contributed by atoms with Gasteiger partial charge in [-0.15, -0.1) is 13.2 Å². The Bertz CT molecular complexity index is 292. The molecule has 0 radical (unpaired) electrons. The van der Waals surface area contributed by atoms with Gasteiger partial charge in [-0.25, -0.2) is 0 Å². The molecule has 0 fully saturated rings. The summed E-state index contributed by atoms with van der Waals surface area (Å²) >= 11 is 0. The maximum Gasteiger partial charge on any atom is 0.367 e. The van der Waals surface area contributed by atoms with Crippen LogP contribution < -0.4 is 0 Å².